The molecule has 0 bridgehead atoms. The van der Waals surface area contributed by atoms with Crippen LogP contribution in [0.1, 0.15) is 26.7 Å². The molecule has 0 radical (unpaired) electrons. The minimum Gasteiger partial charge on any atom is -0.247 e. The highest BCUT2D eigenvalue weighted by molar-refractivity contribution is 4.78. The van der Waals surface area contributed by atoms with Crippen LogP contribution >= 0.6 is 0 Å². The van der Waals surface area contributed by atoms with Crippen LogP contribution in [0, 0.1) is 11.8 Å². The van der Waals surface area contributed by atoms with Crippen LogP contribution in [0.15, 0.2) is 0 Å². The second-order valence-electron chi connectivity index (χ2n) is 2.93. The number of rotatable bonds is 0. The van der Waals surface area contributed by atoms with Crippen LogP contribution in [0.4, 0.5) is 4.39 Å². The maximum absolute atomic E-state index is 12.6. The molecule has 0 saturated heterocycles. The highest BCUT2D eigenvalue weighted by Crippen LogP contribution is 2.32. The molecule has 0 aliphatic heterocycles. The summed E-state index contributed by atoms with van der Waals surface area (Å²) < 4.78 is 12.6. The van der Waals surface area contributed by atoms with Crippen LogP contribution in [-0.2, 0) is 0 Å². The molecule has 48 valence electrons. The lowest BCUT2D eigenvalue weighted by Crippen LogP contribution is -2.08. The third kappa shape index (κ3) is 0.862. The van der Waals surface area contributed by atoms with E-state index in [1.54, 1.807) is 0 Å². The lowest BCUT2D eigenvalue weighted by molar-refractivity contribution is 0.254. The summed E-state index contributed by atoms with van der Waals surface area (Å²) in [6.45, 7) is 4.13. The Hall–Kier alpha value is -0.0700. The second kappa shape index (κ2) is 2.04. The van der Waals surface area contributed by atoms with Gasteiger partial charge in [-0.3, -0.25) is 0 Å². The second-order valence-corrected chi connectivity index (χ2v) is 2.93. The summed E-state index contributed by atoms with van der Waals surface area (Å²) in [5.41, 5.74) is 0. The number of alkyl halides is 1. The summed E-state index contributed by atoms with van der Waals surface area (Å²) in [5, 5.41) is 0. The van der Waals surface area contributed by atoms with E-state index in [2.05, 4.69) is 6.92 Å². The van der Waals surface area contributed by atoms with E-state index >= 15 is 0 Å². The molecular formula is C7H13F. The quantitative estimate of drug-likeness (QED) is 0.456. The maximum Gasteiger partial charge on any atom is 0.103 e. The number of hydrogen-bond acceptors (Lipinski definition) is 0. The molecule has 0 amide bonds. The van der Waals surface area contributed by atoms with E-state index in [0.717, 1.165) is 12.8 Å². The lowest BCUT2D eigenvalue weighted by atomic mass is 10.0. The summed E-state index contributed by atoms with van der Waals surface area (Å²) in [6, 6.07) is 0. The van der Waals surface area contributed by atoms with Crippen molar-refractivity contribution in [2.75, 3.05) is 0 Å². The molecule has 1 heteroatoms. The standard InChI is InChI=1S/C7H13F/c1-5-3-4-7(8)6(5)2/h5-7H,3-4H2,1-2H3/t5?,6-,7+/m1/s1. The van der Waals surface area contributed by atoms with Gasteiger partial charge in [-0.05, 0) is 24.7 Å². The van der Waals surface area contributed by atoms with E-state index in [1.807, 2.05) is 6.92 Å². The zero-order valence-electron chi connectivity index (χ0n) is 5.52. The predicted octanol–water partition coefficient (Wildman–Crippen LogP) is 2.39. The van der Waals surface area contributed by atoms with Crippen molar-refractivity contribution in [3.05, 3.63) is 0 Å². The zero-order valence-corrected chi connectivity index (χ0v) is 5.52. The van der Waals surface area contributed by atoms with Gasteiger partial charge in [-0.25, -0.2) is 4.39 Å². The van der Waals surface area contributed by atoms with Crippen LogP contribution < -0.4 is 0 Å². The van der Waals surface area contributed by atoms with E-state index in [1.165, 1.54) is 0 Å². The lowest BCUT2D eigenvalue weighted by Gasteiger charge is -2.08. The highest BCUT2D eigenvalue weighted by Gasteiger charge is 2.28. The Morgan fingerprint density at radius 1 is 1.25 bits per heavy atom. The van der Waals surface area contributed by atoms with Crippen LogP contribution in [0.2, 0.25) is 0 Å². The van der Waals surface area contributed by atoms with Gasteiger partial charge in [-0.1, -0.05) is 13.8 Å². The van der Waals surface area contributed by atoms with Crippen LogP contribution in [0.3, 0.4) is 0 Å². The predicted molar refractivity (Wildman–Crippen MR) is 32.5 cm³/mol. The molecule has 1 fully saturated rings. The molecule has 1 unspecified atom stereocenters. The maximum atomic E-state index is 12.6. The van der Waals surface area contributed by atoms with Gasteiger partial charge in [0.05, 0.1) is 0 Å². The SMILES string of the molecule is CC1CC[C@H](F)[C@@H]1C. The van der Waals surface area contributed by atoms with Gasteiger partial charge in [-0.2, -0.15) is 0 Å². The monoisotopic (exact) mass is 116 g/mol. The number of hydrogen-bond donors (Lipinski definition) is 0. The fourth-order valence-electron chi connectivity index (χ4n) is 1.30. The van der Waals surface area contributed by atoms with Gasteiger partial charge in [-0.15, -0.1) is 0 Å². The molecule has 0 heterocycles. The normalized spacial score (nSPS) is 47.6. The Labute approximate surface area is 50.1 Å². The molecule has 1 aliphatic rings. The van der Waals surface area contributed by atoms with Crippen molar-refractivity contribution >= 4 is 0 Å². The zero-order chi connectivity index (χ0) is 6.15. The molecule has 0 N–H and O–H groups in total. The average molecular weight is 116 g/mol. The highest BCUT2D eigenvalue weighted by atomic mass is 19.1. The fraction of sp³-hybridized carbons (Fsp3) is 1.00. The van der Waals surface area contributed by atoms with Gasteiger partial charge in [0.25, 0.3) is 0 Å². The van der Waals surface area contributed by atoms with E-state index in [9.17, 15) is 4.39 Å². The van der Waals surface area contributed by atoms with Gasteiger partial charge in [0.1, 0.15) is 6.17 Å². The average Bonchev–Trinajstić information content (AvgIpc) is 1.98. The molecule has 8 heavy (non-hydrogen) atoms. The largest absolute Gasteiger partial charge is 0.247 e. The molecule has 3 atom stereocenters. The first-order valence-electron chi connectivity index (χ1n) is 3.36. The molecule has 1 rings (SSSR count). The molecule has 0 nitrogen and oxygen atoms in total. The summed E-state index contributed by atoms with van der Waals surface area (Å²) in [6.07, 6.45) is 1.37. The van der Waals surface area contributed by atoms with Crippen molar-refractivity contribution < 1.29 is 4.39 Å². The first-order chi connectivity index (χ1) is 3.72. The first-order valence-corrected chi connectivity index (χ1v) is 3.36. The molecule has 1 saturated carbocycles. The summed E-state index contributed by atoms with van der Waals surface area (Å²) in [7, 11) is 0. The fourth-order valence-corrected chi connectivity index (χ4v) is 1.30. The Morgan fingerprint density at radius 2 is 1.88 bits per heavy atom. The molecule has 0 spiro atoms. The molecule has 0 aromatic rings. The van der Waals surface area contributed by atoms with Crippen molar-refractivity contribution in [1.82, 2.24) is 0 Å². The summed E-state index contributed by atoms with van der Waals surface area (Å²) >= 11 is 0. The van der Waals surface area contributed by atoms with Gasteiger partial charge in [0.15, 0.2) is 0 Å². The van der Waals surface area contributed by atoms with Gasteiger partial charge < -0.3 is 0 Å². The smallest absolute Gasteiger partial charge is 0.103 e. The van der Waals surface area contributed by atoms with Crippen LogP contribution in [-0.4, -0.2) is 6.17 Å². The molecular weight excluding hydrogens is 103 g/mol. The van der Waals surface area contributed by atoms with E-state index < -0.39 is 6.17 Å². The first kappa shape index (κ1) is 6.06. The van der Waals surface area contributed by atoms with Crippen molar-refractivity contribution in [2.24, 2.45) is 11.8 Å². The third-order valence-electron chi connectivity index (χ3n) is 2.37. The van der Waals surface area contributed by atoms with Gasteiger partial charge >= 0.3 is 0 Å². The minimum absolute atomic E-state index is 0.315. The summed E-state index contributed by atoms with van der Waals surface area (Å²) in [5.74, 6) is 0.931. The Morgan fingerprint density at radius 3 is 2.00 bits per heavy atom. The Bertz CT molecular complexity index is 70.5. The number of halogens is 1. The minimum atomic E-state index is -0.509. The Balaban J connectivity index is 2.44. The van der Waals surface area contributed by atoms with E-state index in [0.29, 0.717) is 11.8 Å². The Kier molecular flexibility index (Phi) is 1.54. The third-order valence-corrected chi connectivity index (χ3v) is 2.37. The van der Waals surface area contributed by atoms with Gasteiger partial charge in [0.2, 0.25) is 0 Å². The molecule has 0 aromatic carbocycles. The van der Waals surface area contributed by atoms with Crippen LogP contribution in [0.5, 0.6) is 0 Å². The topological polar surface area (TPSA) is 0 Å². The van der Waals surface area contributed by atoms with Crippen molar-refractivity contribution in [1.29, 1.82) is 0 Å². The van der Waals surface area contributed by atoms with Crippen molar-refractivity contribution in [3.8, 4) is 0 Å². The van der Waals surface area contributed by atoms with Crippen LogP contribution in [0.25, 0.3) is 0 Å². The van der Waals surface area contributed by atoms with Gasteiger partial charge in [0, 0.05) is 0 Å². The summed E-state index contributed by atoms with van der Waals surface area (Å²) in [4.78, 5) is 0. The molecule has 1 aliphatic carbocycles. The molecule has 0 aromatic heterocycles. The van der Waals surface area contributed by atoms with E-state index in [-0.39, 0.29) is 0 Å². The van der Waals surface area contributed by atoms with Crippen molar-refractivity contribution in [3.63, 3.8) is 0 Å². The van der Waals surface area contributed by atoms with E-state index in [4.69, 9.17) is 0 Å². The van der Waals surface area contributed by atoms with Crippen molar-refractivity contribution in [2.45, 2.75) is 32.9 Å².